The predicted molar refractivity (Wildman–Crippen MR) is 130 cm³/mol. The highest BCUT2D eigenvalue weighted by atomic mass is 127. The molecule has 1 amide bonds. The summed E-state index contributed by atoms with van der Waals surface area (Å²) < 4.78 is 10.9. The van der Waals surface area contributed by atoms with E-state index in [0.29, 0.717) is 19.0 Å². The fourth-order valence-electron chi connectivity index (χ4n) is 4.23. The molecule has 0 aromatic heterocycles. The van der Waals surface area contributed by atoms with E-state index >= 15 is 0 Å². The SMILES string of the molecule is CN=C(NCCC(=O)NC1CCCCC1)N1CCc2cc(OC)c(OC)cc2C1.I. The maximum absolute atomic E-state index is 12.2. The maximum atomic E-state index is 12.2. The highest BCUT2D eigenvalue weighted by molar-refractivity contribution is 14.0. The second kappa shape index (κ2) is 12.2. The molecule has 0 unspecified atom stereocenters. The molecule has 7 nitrogen and oxygen atoms in total. The molecular weight excluding hydrogens is 495 g/mol. The van der Waals surface area contributed by atoms with Gasteiger partial charge in [-0.2, -0.15) is 0 Å². The molecule has 3 rings (SSSR count). The van der Waals surface area contributed by atoms with Crippen LogP contribution in [0.4, 0.5) is 0 Å². The number of fused-ring (bicyclic) bond motifs is 1. The van der Waals surface area contributed by atoms with E-state index in [0.717, 1.165) is 49.8 Å². The van der Waals surface area contributed by atoms with Crippen molar-refractivity contribution in [3.05, 3.63) is 23.3 Å². The predicted octanol–water partition coefficient (Wildman–Crippen LogP) is 3.09. The zero-order valence-corrected chi connectivity index (χ0v) is 20.7. The van der Waals surface area contributed by atoms with Gasteiger partial charge in [0.15, 0.2) is 17.5 Å². The van der Waals surface area contributed by atoms with Gasteiger partial charge in [0.2, 0.25) is 5.91 Å². The van der Waals surface area contributed by atoms with Gasteiger partial charge >= 0.3 is 0 Å². The number of carbonyl (C=O) groups is 1. The highest BCUT2D eigenvalue weighted by Crippen LogP contribution is 2.33. The highest BCUT2D eigenvalue weighted by Gasteiger charge is 2.22. The summed E-state index contributed by atoms with van der Waals surface area (Å²) in [6.07, 6.45) is 7.35. The summed E-state index contributed by atoms with van der Waals surface area (Å²) in [7, 11) is 5.10. The molecule has 8 heteroatoms. The van der Waals surface area contributed by atoms with Crippen LogP contribution < -0.4 is 20.1 Å². The van der Waals surface area contributed by atoms with Gasteiger partial charge in [0.05, 0.1) is 14.2 Å². The first-order valence-corrected chi connectivity index (χ1v) is 10.6. The number of methoxy groups -OCH3 is 2. The van der Waals surface area contributed by atoms with Crippen LogP contribution in [0.15, 0.2) is 17.1 Å². The molecule has 0 atom stereocenters. The molecule has 0 radical (unpaired) electrons. The minimum Gasteiger partial charge on any atom is -0.493 e. The summed E-state index contributed by atoms with van der Waals surface area (Å²) in [4.78, 5) is 18.9. The van der Waals surface area contributed by atoms with Crippen molar-refractivity contribution in [1.82, 2.24) is 15.5 Å². The van der Waals surface area contributed by atoms with Crippen LogP contribution in [-0.2, 0) is 17.8 Å². The molecule has 1 aliphatic carbocycles. The van der Waals surface area contributed by atoms with E-state index in [9.17, 15) is 4.79 Å². The number of hydrogen-bond donors (Lipinski definition) is 2. The van der Waals surface area contributed by atoms with E-state index in [1.165, 1.54) is 30.4 Å². The van der Waals surface area contributed by atoms with E-state index in [1.807, 2.05) is 6.07 Å². The van der Waals surface area contributed by atoms with Gasteiger partial charge in [0.25, 0.3) is 0 Å². The Labute approximate surface area is 197 Å². The van der Waals surface area contributed by atoms with Crippen molar-refractivity contribution in [2.75, 3.05) is 34.4 Å². The van der Waals surface area contributed by atoms with Gasteiger partial charge in [0.1, 0.15) is 0 Å². The molecule has 0 spiro atoms. The number of nitrogens with zero attached hydrogens (tertiary/aromatic N) is 2. The van der Waals surface area contributed by atoms with Gasteiger partial charge in [-0.15, -0.1) is 24.0 Å². The van der Waals surface area contributed by atoms with Crippen LogP contribution in [0.25, 0.3) is 0 Å². The first-order valence-electron chi connectivity index (χ1n) is 10.6. The topological polar surface area (TPSA) is 75.2 Å². The number of hydrogen-bond acceptors (Lipinski definition) is 4. The van der Waals surface area contributed by atoms with Crippen molar-refractivity contribution in [2.45, 2.75) is 57.5 Å². The fourth-order valence-corrected chi connectivity index (χ4v) is 4.23. The summed E-state index contributed by atoms with van der Waals surface area (Å²) in [6, 6.07) is 4.48. The van der Waals surface area contributed by atoms with Gasteiger partial charge in [-0.25, -0.2) is 0 Å². The Hall–Kier alpha value is -1.71. The fraction of sp³-hybridized carbons (Fsp3) is 0.636. The number of ether oxygens (including phenoxy) is 2. The van der Waals surface area contributed by atoms with E-state index in [4.69, 9.17) is 9.47 Å². The standard InChI is InChI=1S/C22H34N4O3.HI/c1-23-22(24-11-9-21(27)25-18-7-5-4-6-8-18)26-12-10-16-13-19(28-2)20(29-3)14-17(16)15-26;/h13-14,18H,4-12,15H2,1-3H3,(H,23,24)(H,25,27);1H. The van der Waals surface area contributed by atoms with Gasteiger partial charge in [-0.05, 0) is 42.5 Å². The molecule has 1 aromatic rings. The number of nitrogens with one attached hydrogen (secondary N) is 2. The van der Waals surface area contributed by atoms with Crippen LogP contribution in [-0.4, -0.2) is 57.2 Å². The number of guanidine groups is 1. The summed E-state index contributed by atoms with van der Waals surface area (Å²) in [5.74, 6) is 2.47. The van der Waals surface area contributed by atoms with Crippen LogP contribution in [0.3, 0.4) is 0 Å². The number of amides is 1. The molecule has 1 fully saturated rings. The van der Waals surface area contributed by atoms with Crippen molar-refractivity contribution in [3.8, 4) is 11.5 Å². The van der Waals surface area contributed by atoms with Gasteiger partial charge in [0, 0.05) is 39.1 Å². The summed E-state index contributed by atoms with van der Waals surface area (Å²) in [5, 5.41) is 6.52. The number of rotatable bonds is 6. The molecule has 1 aromatic carbocycles. The zero-order valence-electron chi connectivity index (χ0n) is 18.3. The number of carbonyl (C=O) groups excluding carboxylic acids is 1. The lowest BCUT2D eigenvalue weighted by molar-refractivity contribution is -0.121. The largest absolute Gasteiger partial charge is 0.493 e. The Morgan fingerprint density at radius 3 is 2.43 bits per heavy atom. The quantitative estimate of drug-likeness (QED) is 0.336. The first kappa shape index (κ1) is 24.6. The third kappa shape index (κ3) is 6.39. The molecule has 0 saturated heterocycles. The van der Waals surface area contributed by atoms with E-state index in [1.54, 1.807) is 21.3 Å². The maximum Gasteiger partial charge on any atom is 0.221 e. The normalized spacial score (nSPS) is 16.9. The summed E-state index contributed by atoms with van der Waals surface area (Å²) in [6.45, 7) is 2.21. The van der Waals surface area contributed by atoms with Crippen LogP contribution >= 0.6 is 24.0 Å². The van der Waals surface area contributed by atoms with Crippen LogP contribution in [0.1, 0.15) is 49.7 Å². The zero-order chi connectivity index (χ0) is 20.6. The molecule has 0 bridgehead atoms. The molecule has 168 valence electrons. The second-order valence-electron chi connectivity index (χ2n) is 7.77. The summed E-state index contributed by atoms with van der Waals surface area (Å²) >= 11 is 0. The van der Waals surface area contributed by atoms with Crippen molar-refractivity contribution in [3.63, 3.8) is 0 Å². The minimum atomic E-state index is 0. The average Bonchev–Trinajstić information content (AvgIpc) is 2.76. The molecule has 1 heterocycles. The third-order valence-corrected chi connectivity index (χ3v) is 5.83. The van der Waals surface area contributed by atoms with E-state index < -0.39 is 0 Å². The van der Waals surface area contributed by atoms with E-state index in [-0.39, 0.29) is 29.9 Å². The van der Waals surface area contributed by atoms with Crippen LogP contribution in [0, 0.1) is 0 Å². The number of benzene rings is 1. The van der Waals surface area contributed by atoms with Crippen molar-refractivity contribution < 1.29 is 14.3 Å². The lowest BCUT2D eigenvalue weighted by Gasteiger charge is -2.32. The van der Waals surface area contributed by atoms with Crippen molar-refractivity contribution in [2.24, 2.45) is 4.99 Å². The Bertz CT molecular complexity index is 735. The second-order valence-corrected chi connectivity index (χ2v) is 7.77. The van der Waals surface area contributed by atoms with Gasteiger partial charge in [-0.1, -0.05) is 19.3 Å². The Morgan fingerprint density at radius 1 is 1.13 bits per heavy atom. The summed E-state index contributed by atoms with van der Waals surface area (Å²) in [5.41, 5.74) is 2.49. The molecule has 1 aliphatic heterocycles. The first-order chi connectivity index (χ1) is 14.1. The Balaban J connectivity index is 0.00000320. The lowest BCUT2D eigenvalue weighted by atomic mass is 9.95. The number of halogens is 1. The van der Waals surface area contributed by atoms with E-state index in [2.05, 4.69) is 26.6 Å². The average molecular weight is 530 g/mol. The van der Waals surface area contributed by atoms with Crippen molar-refractivity contribution in [1.29, 1.82) is 0 Å². The van der Waals surface area contributed by atoms with Crippen molar-refractivity contribution >= 4 is 35.8 Å². The Kier molecular flexibility index (Phi) is 10.0. The molecular formula is C22H35IN4O3. The third-order valence-electron chi connectivity index (χ3n) is 5.83. The minimum absolute atomic E-state index is 0. The van der Waals surface area contributed by atoms with Gasteiger partial charge < -0.3 is 25.0 Å². The monoisotopic (exact) mass is 530 g/mol. The van der Waals surface area contributed by atoms with Crippen LogP contribution in [0.5, 0.6) is 11.5 Å². The molecule has 1 saturated carbocycles. The Morgan fingerprint density at radius 2 is 1.80 bits per heavy atom. The lowest BCUT2D eigenvalue weighted by Crippen LogP contribution is -2.45. The smallest absolute Gasteiger partial charge is 0.221 e. The number of aliphatic imine (C=N–C) groups is 1. The van der Waals surface area contributed by atoms with Crippen LogP contribution in [0.2, 0.25) is 0 Å². The molecule has 2 aliphatic rings. The molecule has 2 N–H and O–H groups in total. The van der Waals surface area contributed by atoms with Gasteiger partial charge in [-0.3, -0.25) is 9.79 Å². The molecule has 30 heavy (non-hydrogen) atoms.